The molecule has 0 radical (unpaired) electrons. The normalized spacial score (nSPS) is 10.5. The summed E-state index contributed by atoms with van der Waals surface area (Å²) >= 11 is 0. The number of nitrogen functional groups attached to an aromatic ring is 1. The largest absolute Gasteiger partial charge is 0.496 e. The van der Waals surface area contributed by atoms with Crippen LogP contribution in [0.5, 0.6) is 5.75 Å². The summed E-state index contributed by atoms with van der Waals surface area (Å²) in [7, 11) is 1.57. The Balaban J connectivity index is 1.70. The third-order valence-electron chi connectivity index (χ3n) is 3.46. The number of amides is 1. The highest BCUT2D eigenvalue weighted by atomic mass is 19.1. The molecule has 3 aromatic rings. The number of nitrogens with one attached hydrogen (secondary N) is 1. The number of para-hydroxylation sites is 1. The Kier molecular flexibility index (Phi) is 4.60. The lowest BCUT2D eigenvalue weighted by atomic mass is 10.1. The van der Waals surface area contributed by atoms with Crippen LogP contribution in [-0.4, -0.2) is 23.2 Å². The quantitative estimate of drug-likeness (QED) is 0.738. The number of hydrogen-bond donors (Lipinski definition) is 2. The van der Waals surface area contributed by atoms with E-state index in [0.29, 0.717) is 17.2 Å². The van der Waals surface area contributed by atoms with E-state index in [4.69, 9.17) is 15.0 Å². The third kappa shape index (κ3) is 3.57. The smallest absolute Gasteiger partial charge is 0.272 e. The average molecular weight is 342 g/mol. The predicted molar refractivity (Wildman–Crippen MR) is 88.3 cm³/mol. The second kappa shape index (κ2) is 7.00. The van der Waals surface area contributed by atoms with Gasteiger partial charge in [0.1, 0.15) is 17.3 Å². The van der Waals surface area contributed by atoms with Crippen molar-refractivity contribution in [2.75, 3.05) is 12.8 Å². The first-order valence-corrected chi connectivity index (χ1v) is 7.36. The van der Waals surface area contributed by atoms with Crippen LogP contribution in [0.2, 0.25) is 0 Å². The van der Waals surface area contributed by atoms with Crippen molar-refractivity contribution in [3.05, 3.63) is 59.9 Å². The number of nitrogens with zero attached hydrogens (tertiary/aromatic N) is 2. The molecule has 0 spiro atoms. The van der Waals surface area contributed by atoms with Gasteiger partial charge >= 0.3 is 0 Å². The Morgan fingerprint density at radius 2 is 2.16 bits per heavy atom. The number of pyridine rings is 1. The van der Waals surface area contributed by atoms with Crippen LogP contribution in [0.1, 0.15) is 16.2 Å². The molecule has 0 saturated heterocycles. The van der Waals surface area contributed by atoms with Crippen molar-refractivity contribution in [2.24, 2.45) is 0 Å². The maximum absolute atomic E-state index is 13.0. The lowest BCUT2D eigenvalue weighted by Crippen LogP contribution is -2.24. The zero-order valence-electron chi connectivity index (χ0n) is 13.3. The molecule has 0 fully saturated rings. The van der Waals surface area contributed by atoms with Gasteiger partial charge in [-0.15, -0.1) is 0 Å². The number of nitrogens with two attached hydrogens (primary N) is 1. The summed E-state index contributed by atoms with van der Waals surface area (Å²) in [4.78, 5) is 15.8. The fraction of sp³-hybridized carbons (Fsp3) is 0.118. The summed E-state index contributed by atoms with van der Waals surface area (Å²) in [5.41, 5.74) is 6.86. The van der Waals surface area contributed by atoms with E-state index in [1.54, 1.807) is 13.2 Å². The van der Waals surface area contributed by atoms with Gasteiger partial charge < -0.3 is 20.3 Å². The minimum atomic E-state index is -0.606. The van der Waals surface area contributed by atoms with Gasteiger partial charge in [0.05, 0.1) is 25.5 Å². The number of benzene rings is 1. The van der Waals surface area contributed by atoms with Crippen LogP contribution >= 0.6 is 0 Å². The zero-order valence-corrected chi connectivity index (χ0v) is 13.3. The molecule has 8 heteroatoms. The van der Waals surface area contributed by atoms with E-state index in [-0.39, 0.29) is 17.9 Å². The molecule has 0 bridgehead atoms. The van der Waals surface area contributed by atoms with Crippen molar-refractivity contribution in [1.29, 1.82) is 0 Å². The van der Waals surface area contributed by atoms with E-state index < -0.39 is 11.7 Å². The SMILES string of the molecule is COc1ccccc1-c1cc(CNC(=O)c2ncc(F)cc2N)on1. The van der Waals surface area contributed by atoms with E-state index >= 15 is 0 Å². The highest BCUT2D eigenvalue weighted by molar-refractivity contribution is 5.96. The van der Waals surface area contributed by atoms with Crippen LogP contribution in [0.4, 0.5) is 10.1 Å². The van der Waals surface area contributed by atoms with E-state index in [1.807, 2.05) is 24.3 Å². The molecule has 1 aromatic carbocycles. The molecule has 2 aromatic heterocycles. The van der Waals surface area contributed by atoms with Crippen LogP contribution in [0, 0.1) is 5.82 Å². The molecule has 0 aliphatic carbocycles. The van der Waals surface area contributed by atoms with E-state index in [1.165, 1.54) is 0 Å². The van der Waals surface area contributed by atoms with Gasteiger partial charge in [0.15, 0.2) is 11.5 Å². The average Bonchev–Trinajstić information content (AvgIpc) is 3.08. The standard InChI is InChI=1S/C17H15FN4O3/c1-24-15-5-3-2-4-12(15)14-7-11(25-22-14)9-21-17(23)16-13(19)6-10(18)8-20-16/h2-8H,9,19H2,1H3,(H,21,23). The van der Waals surface area contributed by atoms with E-state index in [2.05, 4.69) is 15.5 Å². The molecular formula is C17H15FN4O3. The summed E-state index contributed by atoms with van der Waals surface area (Å²) in [6.45, 7) is 0.0828. The molecule has 2 heterocycles. The van der Waals surface area contributed by atoms with Gasteiger partial charge in [-0.3, -0.25) is 4.79 Å². The molecule has 7 nitrogen and oxygen atoms in total. The second-order valence-electron chi connectivity index (χ2n) is 5.15. The van der Waals surface area contributed by atoms with Gasteiger partial charge in [0, 0.05) is 17.7 Å². The lowest BCUT2D eigenvalue weighted by molar-refractivity contribution is 0.0943. The fourth-order valence-electron chi connectivity index (χ4n) is 2.28. The molecule has 0 saturated carbocycles. The number of aromatic nitrogens is 2. The number of carbonyl (C=O) groups excluding carboxylic acids is 1. The van der Waals surface area contributed by atoms with Gasteiger partial charge in [-0.2, -0.15) is 0 Å². The van der Waals surface area contributed by atoms with Gasteiger partial charge in [-0.25, -0.2) is 9.37 Å². The van der Waals surface area contributed by atoms with Crippen molar-refractivity contribution in [3.63, 3.8) is 0 Å². The number of methoxy groups -OCH3 is 1. The van der Waals surface area contributed by atoms with E-state index in [9.17, 15) is 9.18 Å². The van der Waals surface area contributed by atoms with Crippen molar-refractivity contribution < 1.29 is 18.4 Å². The fourth-order valence-corrected chi connectivity index (χ4v) is 2.28. The number of ether oxygens (including phenoxy) is 1. The van der Waals surface area contributed by atoms with Crippen LogP contribution in [0.3, 0.4) is 0 Å². The molecular weight excluding hydrogens is 327 g/mol. The molecule has 128 valence electrons. The topological polar surface area (TPSA) is 103 Å². The van der Waals surface area contributed by atoms with Crippen LogP contribution in [0.15, 0.2) is 47.1 Å². The minimum absolute atomic E-state index is 0.0372. The molecule has 0 aliphatic rings. The summed E-state index contributed by atoms with van der Waals surface area (Å²) < 4.78 is 23.5. The number of hydrogen-bond acceptors (Lipinski definition) is 6. The van der Waals surface area contributed by atoms with Crippen molar-refractivity contribution in [3.8, 4) is 17.0 Å². The Hall–Kier alpha value is -3.42. The molecule has 1 amide bonds. The lowest BCUT2D eigenvalue weighted by Gasteiger charge is -2.05. The Morgan fingerprint density at radius 3 is 2.92 bits per heavy atom. The third-order valence-corrected chi connectivity index (χ3v) is 3.46. The van der Waals surface area contributed by atoms with E-state index in [0.717, 1.165) is 17.8 Å². The first-order chi connectivity index (χ1) is 12.1. The first-order valence-electron chi connectivity index (χ1n) is 7.36. The van der Waals surface area contributed by atoms with Gasteiger partial charge in [-0.1, -0.05) is 17.3 Å². The maximum atomic E-state index is 13.0. The Morgan fingerprint density at radius 1 is 1.36 bits per heavy atom. The summed E-state index contributed by atoms with van der Waals surface area (Å²) in [6.07, 6.45) is 0.930. The van der Waals surface area contributed by atoms with Crippen LogP contribution in [-0.2, 0) is 6.54 Å². The molecule has 3 N–H and O–H groups in total. The maximum Gasteiger partial charge on any atom is 0.272 e. The minimum Gasteiger partial charge on any atom is -0.496 e. The highest BCUT2D eigenvalue weighted by Crippen LogP contribution is 2.28. The zero-order chi connectivity index (χ0) is 17.8. The molecule has 25 heavy (non-hydrogen) atoms. The highest BCUT2D eigenvalue weighted by Gasteiger charge is 2.15. The predicted octanol–water partition coefficient (Wildman–Crippen LogP) is 2.40. The molecule has 0 unspecified atom stereocenters. The number of rotatable bonds is 5. The summed E-state index contributed by atoms with van der Waals surface area (Å²) in [5.74, 6) is -0.0388. The van der Waals surface area contributed by atoms with Crippen molar-refractivity contribution >= 4 is 11.6 Å². The summed E-state index contributed by atoms with van der Waals surface area (Å²) in [6, 6.07) is 10.1. The molecule has 0 atom stereocenters. The molecule has 0 aliphatic heterocycles. The first kappa shape index (κ1) is 16.4. The Bertz CT molecular complexity index is 910. The van der Waals surface area contributed by atoms with Crippen molar-refractivity contribution in [2.45, 2.75) is 6.54 Å². The van der Waals surface area contributed by atoms with Crippen molar-refractivity contribution in [1.82, 2.24) is 15.5 Å². The van der Waals surface area contributed by atoms with Gasteiger partial charge in [0.2, 0.25) is 0 Å². The number of halogens is 1. The van der Waals surface area contributed by atoms with Crippen LogP contribution in [0.25, 0.3) is 11.3 Å². The second-order valence-corrected chi connectivity index (χ2v) is 5.15. The molecule has 3 rings (SSSR count). The monoisotopic (exact) mass is 342 g/mol. The van der Waals surface area contributed by atoms with Crippen LogP contribution < -0.4 is 15.8 Å². The van der Waals surface area contributed by atoms with Gasteiger partial charge in [-0.05, 0) is 12.1 Å². The summed E-state index contributed by atoms with van der Waals surface area (Å²) in [5, 5.41) is 6.58. The number of anilines is 1. The Labute approximate surface area is 142 Å². The van der Waals surface area contributed by atoms with Gasteiger partial charge in [0.25, 0.3) is 5.91 Å². The number of carbonyl (C=O) groups is 1.